The first kappa shape index (κ1) is 16.4. The van der Waals surface area contributed by atoms with Crippen LogP contribution < -0.4 is 0 Å². The number of nitrogens with zero attached hydrogens (tertiary/aromatic N) is 6. The lowest BCUT2D eigenvalue weighted by Crippen LogP contribution is -2.44. The predicted molar refractivity (Wildman–Crippen MR) is 106 cm³/mol. The number of piperazine rings is 1. The van der Waals surface area contributed by atoms with Crippen LogP contribution in [0, 0.1) is 0 Å². The first-order valence-corrected chi connectivity index (χ1v) is 9.37. The quantitative estimate of drug-likeness (QED) is 0.564. The number of rotatable bonds is 3. The van der Waals surface area contributed by atoms with Gasteiger partial charge in [0.2, 0.25) is 0 Å². The highest BCUT2D eigenvalue weighted by Crippen LogP contribution is 2.25. The molecule has 0 spiro atoms. The van der Waals surface area contributed by atoms with Gasteiger partial charge in [0, 0.05) is 49.5 Å². The van der Waals surface area contributed by atoms with Crippen molar-refractivity contribution in [1.82, 2.24) is 29.4 Å². The van der Waals surface area contributed by atoms with Gasteiger partial charge in [0.1, 0.15) is 0 Å². The van der Waals surface area contributed by atoms with Gasteiger partial charge in [-0.25, -0.2) is 0 Å². The number of benzene rings is 1. The molecular weight excluding hydrogens is 336 g/mol. The van der Waals surface area contributed by atoms with Gasteiger partial charge in [0.15, 0.2) is 11.5 Å². The van der Waals surface area contributed by atoms with Crippen LogP contribution in [0.3, 0.4) is 0 Å². The summed E-state index contributed by atoms with van der Waals surface area (Å²) < 4.78 is 2.11. The first-order valence-electron chi connectivity index (χ1n) is 9.37. The van der Waals surface area contributed by atoms with Crippen molar-refractivity contribution in [1.29, 1.82) is 0 Å². The SMILES string of the molecule is CN1CCN(Cc2nnc3c4cc(-c5ccccc5)cnc4ccn23)CC1. The molecule has 6 heteroatoms. The molecule has 0 atom stereocenters. The lowest BCUT2D eigenvalue weighted by Gasteiger charge is -2.31. The lowest BCUT2D eigenvalue weighted by atomic mass is 10.1. The van der Waals surface area contributed by atoms with Gasteiger partial charge in [-0.3, -0.25) is 14.3 Å². The van der Waals surface area contributed by atoms with Gasteiger partial charge in [0.25, 0.3) is 0 Å². The van der Waals surface area contributed by atoms with Crippen LogP contribution in [0.25, 0.3) is 27.7 Å². The van der Waals surface area contributed by atoms with Crippen LogP contribution in [0.15, 0.2) is 54.9 Å². The van der Waals surface area contributed by atoms with Crippen molar-refractivity contribution in [2.45, 2.75) is 6.54 Å². The normalized spacial score (nSPS) is 16.3. The summed E-state index contributed by atoms with van der Waals surface area (Å²) in [6.07, 6.45) is 3.97. The van der Waals surface area contributed by atoms with Gasteiger partial charge < -0.3 is 4.90 Å². The third-order valence-electron chi connectivity index (χ3n) is 5.38. The Bertz CT molecular complexity index is 1080. The average Bonchev–Trinajstić information content (AvgIpc) is 3.13. The maximum absolute atomic E-state index is 4.64. The molecule has 0 saturated carbocycles. The van der Waals surface area contributed by atoms with E-state index in [2.05, 4.69) is 54.6 Å². The molecule has 1 fully saturated rings. The molecular formula is C21H22N6. The van der Waals surface area contributed by atoms with E-state index in [1.54, 1.807) is 0 Å². The molecule has 0 radical (unpaired) electrons. The van der Waals surface area contributed by atoms with E-state index < -0.39 is 0 Å². The van der Waals surface area contributed by atoms with Gasteiger partial charge in [-0.15, -0.1) is 10.2 Å². The molecule has 0 amide bonds. The van der Waals surface area contributed by atoms with E-state index in [1.165, 1.54) is 0 Å². The van der Waals surface area contributed by atoms with Crippen molar-refractivity contribution in [2.75, 3.05) is 33.2 Å². The Balaban J connectivity index is 1.53. The maximum Gasteiger partial charge on any atom is 0.170 e. The lowest BCUT2D eigenvalue weighted by molar-refractivity contribution is 0.145. The minimum atomic E-state index is 0.826. The zero-order valence-electron chi connectivity index (χ0n) is 15.4. The molecule has 3 aromatic heterocycles. The summed E-state index contributed by atoms with van der Waals surface area (Å²) in [6, 6.07) is 14.5. The zero-order valence-corrected chi connectivity index (χ0v) is 15.4. The summed E-state index contributed by atoms with van der Waals surface area (Å²) in [6.45, 7) is 5.16. The fraction of sp³-hybridized carbons (Fsp3) is 0.286. The van der Waals surface area contributed by atoms with Crippen LogP contribution in [0.2, 0.25) is 0 Å². The molecule has 1 aliphatic heterocycles. The third-order valence-corrected chi connectivity index (χ3v) is 5.38. The number of aromatic nitrogens is 4. The molecule has 0 aliphatic carbocycles. The molecule has 27 heavy (non-hydrogen) atoms. The molecule has 4 heterocycles. The summed E-state index contributed by atoms with van der Waals surface area (Å²) in [4.78, 5) is 9.45. The Kier molecular flexibility index (Phi) is 4.07. The Morgan fingerprint density at radius 2 is 1.74 bits per heavy atom. The molecule has 0 bridgehead atoms. The fourth-order valence-corrected chi connectivity index (χ4v) is 3.70. The third kappa shape index (κ3) is 3.07. The molecule has 1 aliphatic rings. The molecule has 5 rings (SSSR count). The highest BCUT2D eigenvalue weighted by molar-refractivity contribution is 5.93. The summed E-state index contributed by atoms with van der Waals surface area (Å²) in [5, 5.41) is 10.0. The minimum Gasteiger partial charge on any atom is -0.304 e. The summed E-state index contributed by atoms with van der Waals surface area (Å²) >= 11 is 0. The van der Waals surface area contributed by atoms with Crippen molar-refractivity contribution in [3.05, 3.63) is 60.7 Å². The van der Waals surface area contributed by atoms with Crippen molar-refractivity contribution < 1.29 is 0 Å². The second-order valence-corrected chi connectivity index (χ2v) is 7.23. The van der Waals surface area contributed by atoms with Crippen molar-refractivity contribution >= 4 is 16.6 Å². The number of hydrogen-bond donors (Lipinski definition) is 0. The maximum atomic E-state index is 4.64. The Morgan fingerprint density at radius 3 is 2.56 bits per heavy atom. The van der Waals surface area contributed by atoms with Crippen LogP contribution in [0.4, 0.5) is 0 Å². The van der Waals surface area contributed by atoms with Crippen molar-refractivity contribution in [3.8, 4) is 11.1 Å². The largest absolute Gasteiger partial charge is 0.304 e. The highest BCUT2D eigenvalue weighted by atomic mass is 15.3. The van der Waals surface area contributed by atoms with Crippen LogP contribution in [0.5, 0.6) is 0 Å². The van der Waals surface area contributed by atoms with Gasteiger partial charge in [0.05, 0.1) is 12.1 Å². The zero-order chi connectivity index (χ0) is 18.2. The molecule has 1 saturated heterocycles. The Morgan fingerprint density at radius 1 is 0.926 bits per heavy atom. The van der Waals surface area contributed by atoms with Crippen molar-refractivity contribution in [3.63, 3.8) is 0 Å². The molecule has 0 unspecified atom stereocenters. The second kappa shape index (κ2) is 6.72. The predicted octanol–water partition coefficient (Wildman–Crippen LogP) is 2.69. The number of hydrogen-bond acceptors (Lipinski definition) is 5. The average molecular weight is 358 g/mol. The molecule has 0 N–H and O–H groups in total. The topological polar surface area (TPSA) is 49.6 Å². The smallest absolute Gasteiger partial charge is 0.170 e. The van der Waals surface area contributed by atoms with Crippen LogP contribution in [0.1, 0.15) is 5.82 Å². The van der Waals surface area contributed by atoms with Crippen LogP contribution >= 0.6 is 0 Å². The van der Waals surface area contributed by atoms with E-state index in [4.69, 9.17) is 0 Å². The van der Waals surface area contributed by atoms with E-state index in [0.717, 1.165) is 66.2 Å². The van der Waals surface area contributed by atoms with Gasteiger partial charge in [-0.05, 0) is 24.7 Å². The highest BCUT2D eigenvalue weighted by Gasteiger charge is 2.17. The summed E-state index contributed by atoms with van der Waals surface area (Å²) in [5.41, 5.74) is 4.08. The molecule has 4 aromatic rings. The monoisotopic (exact) mass is 358 g/mol. The number of fused-ring (bicyclic) bond motifs is 3. The molecule has 6 nitrogen and oxygen atoms in total. The molecule has 136 valence electrons. The van der Waals surface area contributed by atoms with Gasteiger partial charge in [-0.2, -0.15) is 0 Å². The van der Waals surface area contributed by atoms with Gasteiger partial charge in [-0.1, -0.05) is 30.3 Å². The van der Waals surface area contributed by atoms with Crippen LogP contribution in [-0.2, 0) is 6.54 Å². The first-order chi connectivity index (χ1) is 13.3. The van der Waals surface area contributed by atoms with E-state index in [0.29, 0.717) is 0 Å². The number of pyridine rings is 2. The van der Waals surface area contributed by atoms with Crippen LogP contribution in [-0.4, -0.2) is 62.6 Å². The van der Waals surface area contributed by atoms with E-state index in [9.17, 15) is 0 Å². The minimum absolute atomic E-state index is 0.826. The summed E-state index contributed by atoms with van der Waals surface area (Å²) in [5.74, 6) is 0.988. The van der Waals surface area contributed by atoms with E-state index in [-0.39, 0.29) is 0 Å². The Labute approximate surface area is 158 Å². The van der Waals surface area contributed by atoms with E-state index >= 15 is 0 Å². The molecule has 1 aromatic carbocycles. The fourth-order valence-electron chi connectivity index (χ4n) is 3.70. The second-order valence-electron chi connectivity index (χ2n) is 7.23. The number of likely N-dealkylation sites (N-methyl/N-ethyl adjacent to an activating group) is 1. The Hall–Kier alpha value is -2.83. The summed E-state index contributed by atoms with van der Waals surface area (Å²) in [7, 11) is 2.17. The van der Waals surface area contributed by atoms with Gasteiger partial charge >= 0.3 is 0 Å². The van der Waals surface area contributed by atoms with E-state index in [1.807, 2.05) is 36.7 Å². The standard InChI is InChI=1S/C21H22N6/c1-25-9-11-26(12-10-25)15-20-23-24-21-18-13-17(16-5-3-2-4-6-16)14-22-19(18)7-8-27(20)21/h2-8,13-14H,9-12,15H2,1H3. The van der Waals surface area contributed by atoms with Crippen molar-refractivity contribution in [2.24, 2.45) is 0 Å².